The third kappa shape index (κ3) is 3.41. The predicted octanol–water partition coefficient (Wildman–Crippen LogP) is 3.39. The van der Waals surface area contributed by atoms with E-state index in [1.807, 2.05) is 36.6 Å². The first-order chi connectivity index (χ1) is 10.0. The number of ether oxygens (including phenoxy) is 1. The van der Waals surface area contributed by atoms with Crippen LogP contribution in [0.2, 0.25) is 0 Å². The average molecular weight is 304 g/mol. The van der Waals surface area contributed by atoms with Gasteiger partial charge in [0, 0.05) is 10.9 Å². The minimum Gasteiger partial charge on any atom is -0.462 e. The number of primary amides is 1. The van der Waals surface area contributed by atoms with Crippen molar-refractivity contribution in [3.05, 3.63) is 40.1 Å². The molecule has 1 heterocycles. The van der Waals surface area contributed by atoms with Crippen LogP contribution in [0.4, 0.5) is 10.5 Å². The number of anilines is 1. The average Bonchev–Trinajstić information content (AvgIpc) is 2.83. The van der Waals surface area contributed by atoms with Gasteiger partial charge >= 0.3 is 12.0 Å². The number of carbonyl (C=O) groups excluding carboxylic acids is 2. The van der Waals surface area contributed by atoms with Gasteiger partial charge in [0.2, 0.25) is 0 Å². The Morgan fingerprint density at radius 2 is 1.95 bits per heavy atom. The van der Waals surface area contributed by atoms with Crippen LogP contribution >= 0.6 is 11.3 Å². The van der Waals surface area contributed by atoms with Crippen LogP contribution < -0.4 is 11.1 Å². The minimum atomic E-state index is -0.715. The molecule has 0 aliphatic rings. The first-order valence-corrected chi connectivity index (χ1v) is 7.33. The predicted molar refractivity (Wildman–Crippen MR) is 83.7 cm³/mol. The van der Waals surface area contributed by atoms with Crippen LogP contribution in [-0.2, 0) is 4.74 Å². The van der Waals surface area contributed by atoms with E-state index in [0.717, 1.165) is 16.7 Å². The van der Waals surface area contributed by atoms with Gasteiger partial charge in [-0.05, 0) is 19.4 Å². The van der Waals surface area contributed by atoms with Crippen LogP contribution in [0.5, 0.6) is 0 Å². The number of nitrogens with one attached hydrogen (secondary N) is 1. The second-order valence-corrected chi connectivity index (χ2v) is 5.31. The zero-order valence-corrected chi connectivity index (χ0v) is 12.6. The lowest BCUT2D eigenvalue weighted by molar-refractivity contribution is 0.0533. The molecule has 0 fully saturated rings. The highest BCUT2D eigenvalue weighted by atomic mass is 32.1. The zero-order valence-electron chi connectivity index (χ0n) is 11.8. The van der Waals surface area contributed by atoms with Gasteiger partial charge in [0.1, 0.15) is 4.88 Å². The Morgan fingerprint density at radius 3 is 2.52 bits per heavy atom. The standard InChI is InChI=1S/C15H16N2O3S/c1-3-20-14(18)13-12(17-15(16)19)11(8-21-13)10-6-4-9(2)5-7-10/h4-8H,3H2,1-2H3,(H3,16,17,19). The molecule has 0 bridgehead atoms. The Balaban J connectivity index is 2.48. The quantitative estimate of drug-likeness (QED) is 0.849. The SMILES string of the molecule is CCOC(=O)c1scc(-c2ccc(C)cc2)c1NC(N)=O. The van der Waals surface area contributed by atoms with E-state index in [-0.39, 0.29) is 6.61 Å². The van der Waals surface area contributed by atoms with E-state index < -0.39 is 12.0 Å². The number of aryl methyl sites for hydroxylation is 1. The van der Waals surface area contributed by atoms with E-state index in [1.54, 1.807) is 6.92 Å². The first-order valence-electron chi connectivity index (χ1n) is 6.45. The monoisotopic (exact) mass is 304 g/mol. The maximum Gasteiger partial charge on any atom is 0.350 e. The molecular weight excluding hydrogens is 288 g/mol. The number of amides is 2. The molecule has 0 aliphatic carbocycles. The highest BCUT2D eigenvalue weighted by molar-refractivity contribution is 7.13. The van der Waals surface area contributed by atoms with E-state index >= 15 is 0 Å². The van der Waals surface area contributed by atoms with Crippen LogP contribution in [0.25, 0.3) is 11.1 Å². The Labute approximate surface area is 126 Å². The number of nitrogens with two attached hydrogens (primary N) is 1. The summed E-state index contributed by atoms with van der Waals surface area (Å²) >= 11 is 1.22. The normalized spacial score (nSPS) is 10.2. The number of benzene rings is 1. The van der Waals surface area contributed by atoms with Gasteiger partial charge in [0.25, 0.3) is 0 Å². The summed E-state index contributed by atoms with van der Waals surface area (Å²) in [7, 11) is 0. The maximum atomic E-state index is 11.9. The number of esters is 1. The van der Waals surface area contributed by atoms with Crippen LogP contribution in [-0.4, -0.2) is 18.6 Å². The van der Waals surface area contributed by atoms with Crippen LogP contribution in [0.15, 0.2) is 29.6 Å². The largest absolute Gasteiger partial charge is 0.462 e. The summed E-state index contributed by atoms with van der Waals surface area (Å²) in [5.74, 6) is -0.468. The highest BCUT2D eigenvalue weighted by Gasteiger charge is 2.21. The lowest BCUT2D eigenvalue weighted by atomic mass is 10.1. The van der Waals surface area contributed by atoms with Gasteiger partial charge in [-0.25, -0.2) is 9.59 Å². The Hall–Kier alpha value is -2.34. The van der Waals surface area contributed by atoms with Gasteiger partial charge in [-0.3, -0.25) is 0 Å². The van der Waals surface area contributed by atoms with E-state index in [1.165, 1.54) is 11.3 Å². The van der Waals surface area contributed by atoms with Gasteiger partial charge in [0.15, 0.2) is 0 Å². The molecule has 6 heteroatoms. The molecule has 0 aliphatic heterocycles. The topological polar surface area (TPSA) is 81.4 Å². The van der Waals surface area contributed by atoms with Gasteiger partial charge in [-0.2, -0.15) is 0 Å². The number of carbonyl (C=O) groups is 2. The van der Waals surface area contributed by atoms with Crippen molar-refractivity contribution < 1.29 is 14.3 Å². The van der Waals surface area contributed by atoms with Crippen LogP contribution in [0.3, 0.4) is 0 Å². The third-order valence-corrected chi connectivity index (χ3v) is 3.82. The number of thiophene rings is 1. The molecule has 0 saturated heterocycles. The molecule has 2 rings (SSSR count). The summed E-state index contributed by atoms with van der Waals surface area (Å²) in [6.45, 7) is 3.99. The molecule has 0 radical (unpaired) electrons. The zero-order chi connectivity index (χ0) is 15.4. The molecule has 1 aromatic carbocycles. The molecule has 0 unspecified atom stereocenters. The number of rotatable bonds is 4. The van der Waals surface area contributed by atoms with Gasteiger partial charge < -0.3 is 15.8 Å². The molecular formula is C15H16N2O3S. The smallest absolute Gasteiger partial charge is 0.350 e. The van der Waals surface area contributed by atoms with Crippen molar-refractivity contribution in [2.75, 3.05) is 11.9 Å². The van der Waals surface area contributed by atoms with E-state index in [2.05, 4.69) is 5.32 Å². The highest BCUT2D eigenvalue weighted by Crippen LogP contribution is 2.36. The second-order valence-electron chi connectivity index (χ2n) is 4.43. The molecule has 0 spiro atoms. The fraction of sp³-hybridized carbons (Fsp3) is 0.200. The van der Waals surface area contributed by atoms with Crippen molar-refractivity contribution in [1.82, 2.24) is 0 Å². The lowest BCUT2D eigenvalue weighted by Gasteiger charge is -2.08. The number of hydrogen-bond donors (Lipinski definition) is 2. The summed E-state index contributed by atoms with van der Waals surface area (Å²) < 4.78 is 5.00. The summed E-state index contributed by atoms with van der Waals surface area (Å²) in [5.41, 5.74) is 8.38. The summed E-state index contributed by atoms with van der Waals surface area (Å²) in [4.78, 5) is 23.5. The molecule has 5 nitrogen and oxygen atoms in total. The fourth-order valence-corrected chi connectivity index (χ4v) is 2.82. The van der Waals surface area contributed by atoms with Gasteiger partial charge in [-0.1, -0.05) is 29.8 Å². The third-order valence-electron chi connectivity index (χ3n) is 2.86. The summed E-state index contributed by atoms with van der Waals surface area (Å²) in [6, 6.07) is 7.07. The molecule has 1 aromatic heterocycles. The maximum absolute atomic E-state index is 11.9. The molecule has 0 saturated carbocycles. The Morgan fingerprint density at radius 1 is 1.29 bits per heavy atom. The van der Waals surface area contributed by atoms with Crippen molar-refractivity contribution >= 4 is 29.0 Å². The van der Waals surface area contributed by atoms with E-state index in [9.17, 15) is 9.59 Å². The second kappa shape index (κ2) is 6.41. The summed E-state index contributed by atoms with van der Waals surface area (Å²) in [5, 5.41) is 4.33. The molecule has 3 N–H and O–H groups in total. The molecule has 2 aromatic rings. The van der Waals surface area contributed by atoms with Gasteiger partial charge in [0.05, 0.1) is 12.3 Å². The summed E-state index contributed by atoms with van der Waals surface area (Å²) in [6.07, 6.45) is 0. The van der Waals surface area contributed by atoms with Gasteiger partial charge in [-0.15, -0.1) is 11.3 Å². The number of urea groups is 1. The van der Waals surface area contributed by atoms with Crippen LogP contribution in [0.1, 0.15) is 22.2 Å². The Kier molecular flexibility index (Phi) is 4.59. The molecule has 21 heavy (non-hydrogen) atoms. The Bertz CT molecular complexity index is 662. The van der Waals surface area contributed by atoms with Crippen molar-refractivity contribution in [2.24, 2.45) is 5.73 Å². The first kappa shape index (κ1) is 15.1. The fourth-order valence-electron chi connectivity index (χ4n) is 1.90. The van der Waals surface area contributed by atoms with Crippen molar-refractivity contribution in [2.45, 2.75) is 13.8 Å². The molecule has 110 valence electrons. The lowest BCUT2D eigenvalue weighted by Crippen LogP contribution is -2.21. The molecule has 0 atom stereocenters. The van der Waals surface area contributed by atoms with Crippen molar-refractivity contribution in [3.63, 3.8) is 0 Å². The number of hydrogen-bond acceptors (Lipinski definition) is 4. The van der Waals surface area contributed by atoms with E-state index in [4.69, 9.17) is 10.5 Å². The van der Waals surface area contributed by atoms with Crippen molar-refractivity contribution in [3.8, 4) is 11.1 Å². The minimum absolute atomic E-state index is 0.270. The van der Waals surface area contributed by atoms with Crippen molar-refractivity contribution in [1.29, 1.82) is 0 Å². The van der Waals surface area contributed by atoms with E-state index in [0.29, 0.717) is 10.6 Å². The van der Waals surface area contributed by atoms with Crippen LogP contribution in [0, 0.1) is 6.92 Å². The molecule has 2 amide bonds.